The number of anilines is 2. The van der Waals surface area contributed by atoms with Crippen LogP contribution in [0.2, 0.25) is 0 Å². The van der Waals surface area contributed by atoms with Gasteiger partial charge in [0.2, 0.25) is 0 Å². The number of benzene rings is 2. The monoisotopic (exact) mass is 384 g/mol. The second-order valence-corrected chi connectivity index (χ2v) is 5.59. The van der Waals surface area contributed by atoms with Crippen molar-refractivity contribution in [1.29, 1.82) is 0 Å². The van der Waals surface area contributed by atoms with Crippen LogP contribution in [0.15, 0.2) is 42.5 Å². The molecule has 0 bridgehead atoms. The zero-order valence-corrected chi connectivity index (χ0v) is 15.1. The molecule has 0 aromatic heterocycles. The fourth-order valence-electron chi connectivity index (χ4n) is 2.20. The molecule has 0 saturated heterocycles. The number of nitrogens with one attached hydrogen (secondary N) is 2. The lowest BCUT2D eigenvalue weighted by Gasteiger charge is -2.16. The van der Waals surface area contributed by atoms with E-state index in [0.717, 1.165) is 12.1 Å². The predicted octanol–water partition coefficient (Wildman–Crippen LogP) is 5.31. The number of halogens is 3. The Labute approximate surface area is 155 Å². The van der Waals surface area contributed by atoms with Gasteiger partial charge in [-0.05, 0) is 56.4 Å². The van der Waals surface area contributed by atoms with E-state index in [0.29, 0.717) is 30.4 Å². The van der Waals surface area contributed by atoms with Crippen LogP contribution in [0.4, 0.5) is 24.5 Å². The molecule has 0 aliphatic rings. The molecule has 0 aliphatic carbocycles. The van der Waals surface area contributed by atoms with Gasteiger partial charge >= 0.3 is 6.18 Å². The van der Waals surface area contributed by atoms with E-state index < -0.39 is 11.7 Å². The molecule has 0 amide bonds. The molecule has 2 aromatic rings. The molecule has 0 heterocycles. The molecule has 0 unspecified atom stereocenters. The maximum Gasteiger partial charge on any atom is 0.416 e. The highest BCUT2D eigenvalue weighted by Gasteiger charge is 2.30. The summed E-state index contributed by atoms with van der Waals surface area (Å²) in [6, 6.07) is 10.0. The smallest absolute Gasteiger partial charge is 0.416 e. The summed E-state index contributed by atoms with van der Waals surface area (Å²) in [6.07, 6.45) is -4.42. The summed E-state index contributed by atoms with van der Waals surface area (Å²) >= 11 is 5.21. The van der Waals surface area contributed by atoms with E-state index in [1.54, 1.807) is 18.2 Å². The van der Waals surface area contributed by atoms with Gasteiger partial charge in [0.15, 0.2) is 5.11 Å². The SMILES string of the molecule is CCOc1ccc(OCC)c(NC(=S)Nc2cccc(C(F)(F)F)c2)c1. The molecule has 8 heteroatoms. The van der Waals surface area contributed by atoms with Crippen LogP contribution in [-0.4, -0.2) is 18.3 Å². The van der Waals surface area contributed by atoms with Crippen LogP contribution in [0, 0.1) is 0 Å². The Kier molecular flexibility index (Phi) is 6.68. The zero-order valence-electron chi connectivity index (χ0n) is 14.3. The van der Waals surface area contributed by atoms with Crippen molar-refractivity contribution in [2.45, 2.75) is 20.0 Å². The van der Waals surface area contributed by atoms with Gasteiger partial charge in [-0.15, -0.1) is 0 Å². The number of thiocarbonyl (C=S) groups is 1. The summed E-state index contributed by atoms with van der Waals surface area (Å²) in [7, 11) is 0. The van der Waals surface area contributed by atoms with Crippen molar-refractivity contribution in [3.05, 3.63) is 48.0 Å². The van der Waals surface area contributed by atoms with Gasteiger partial charge in [0, 0.05) is 11.8 Å². The van der Waals surface area contributed by atoms with E-state index in [4.69, 9.17) is 21.7 Å². The average molecular weight is 384 g/mol. The highest BCUT2D eigenvalue weighted by atomic mass is 32.1. The molecule has 2 N–H and O–H groups in total. The molecule has 0 fully saturated rings. The summed E-state index contributed by atoms with van der Waals surface area (Å²) < 4.78 is 49.4. The number of hydrogen-bond donors (Lipinski definition) is 2. The Bertz CT molecular complexity index is 766. The minimum atomic E-state index is -4.42. The van der Waals surface area contributed by atoms with Gasteiger partial charge in [-0.3, -0.25) is 0 Å². The van der Waals surface area contributed by atoms with Gasteiger partial charge in [-0.1, -0.05) is 6.07 Å². The average Bonchev–Trinajstić information content (AvgIpc) is 2.57. The van der Waals surface area contributed by atoms with E-state index >= 15 is 0 Å². The van der Waals surface area contributed by atoms with Crippen molar-refractivity contribution in [2.24, 2.45) is 0 Å². The molecule has 0 saturated carbocycles. The zero-order chi connectivity index (χ0) is 19.2. The minimum absolute atomic E-state index is 0.138. The first-order valence-electron chi connectivity index (χ1n) is 7.98. The van der Waals surface area contributed by atoms with Crippen LogP contribution < -0.4 is 20.1 Å². The molecule has 26 heavy (non-hydrogen) atoms. The van der Waals surface area contributed by atoms with Gasteiger partial charge in [-0.2, -0.15) is 13.2 Å². The lowest BCUT2D eigenvalue weighted by Crippen LogP contribution is -2.20. The van der Waals surface area contributed by atoms with Crippen LogP contribution in [0.3, 0.4) is 0 Å². The maximum absolute atomic E-state index is 12.8. The highest BCUT2D eigenvalue weighted by molar-refractivity contribution is 7.80. The molecule has 0 atom stereocenters. The molecule has 2 rings (SSSR count). The number of hydrogen-bond acceptors (Lipinski definition) is 3. The van der Waals surface area contributed by atoms with E-state index in [9.17, 15) is 13.2 Å². The third-order valence-electron chi connectivity index (χ3n) is 3.26. The van der Waals surface area contributed by atoms with Crippen LogP contribution in [0.1, 0.15) is 19.4 Å². The van der Waals surface area contributed by atoms with Crippen molar-refractivity contribution in [2.75, 3.05) is 23.8 Å². The van der Waals surface area contributed by atoms with E-state index in [-0.39, 0.29) is 10.8 Å². The standard InChI is InChI=1S/C18H19F3N2O2S/c1-3-24-14-8-9-16(25-4-2)15(11-14)23-17(26)22-13-7-5-6-12(10-13)18(19,20)21/h5-11H,3-4H2,1-2H3,(H2,22,23,26). The van der Waals surface area contributed by atoms with Crippen molar-refractivity contribution in [3.8, 4) is 11.5 Å². The predicted molar refractivity (Wildman–Crippen MR) is 100 cm³/mol. The van der Waals surface area contributed by atoms with Crippen molar-refractivity contribution in [3.63, 3.8) is 0 Å². The first-order valence-corrected chi connectivity index (χ1v) is 8.39. The molecule has 0 radical (unpaired) electrons. The van der Waals surface area contributed by atoms with Crippen LogP contribution in [-0.2, 0) is 6.18 Å². The third kappa shape index (κ3) is 5.52. The van der Waals surface area contributed by atoms with Gasteiger partial charge in [0.25, 0.3) is 0 Å². The van der Waals surface area contributed by atoms with Gasteiger partial charge < -0.3 is 20.1 Å². The maximum atomic E-state index is 12.8. The van der Waals surface area contributed by atoms with Crippen molar-refractivity contribution >= 4 is 28.7 Å². The lowest BCUT2D eigenvalue weighted by molar-refractivity contribution is -0.137. The summed E-state index contributed by atoms with van der Waals surface area (Å²) in [5, 5.41) is 5.82. The van der Waals surface area contributed by atoms with E-state index in [2.05, 4.69) is 10.6 Å². The largest absolute Gasteiger partial charge is 0.494 e. The fraction of sp³-hybridized carbons (Fsp3) is 0.278. The highest BCUT2D eigenvalue weighted by Crippen LogP contribution is 2.31. The molecule has 140 valence electrons. The number of ether oxygens (including phenoxy) is 2. The molecular formula is C18H19F3N2O2S. The third-order valence-corrected chi connectivity index (χ3v) is 3.46. The van der Waals surface area contributed by atoms with Gasteiger partial charge in [0.1, 0.15) is 11.5 Å². The van der Waals surface area contributed by atoms with E-state index in [1.165, 1.54) is 12.1 Å². The molecule has 0 spiro atoms. The number of alkyl halides is 3. The lowest BCUT2D eigenvalue weighted by atomic mass is 10.2. The van der Waals surface area contributed by atoms with Crippen molar-refractivity contribution in [1.82, 2.24) is 0 Å². The normalized spacial score (nSPS) is 11.0. The minimum Gasteiger partial charge on any atom is -0.494 e. The Morgan fingerprint density at radius 2 is 1.73 bits per heavy atom. The molecule has 2 aromatic carbocycles. The Morgan fingerprint density at radius 1 is 1.00 bits per heavy atom. The summed E-state index contributed by atoms with van der Waals surface area (Å²) in [4.78, 5) is 0. The second kappa shape index (κ2) is 8.75. The first kappa shape index (κ1) is 19.8. The van der Waals surface area contributed by atoms with Crippen LogP contribution >= 0.6 is 12.2 Å². The Morgan fingerprint density at radius 3 is 2.38 bits per heavy atom. The van der Waals surface area contributed by atoms with Crippen LogP contribution in [0.25, 0.3) is 0 Å². The molecular weight excluding hydrogens is 365 g/mol. The second-order valence-electron chi connectivity index (χ2n) is 5.18. The van der Waals surface area contributed by atoms with Crippen molar-refractivity contribution < 1.29 is 22.6 Å². The number of rotatable bonds is 6. The van der Waals surface area contributed by atoms with E-state index in [1.807, 2.05) is 13.8 Å². The Hall–Kier alpha value is -2.48. The fourth-order valence-corrected chi connectivity index (χ4v) is 2.43. The quantitative estimate of drug-likeness (QED) is 0.661. The topological polar surface area (TPSA) is 42.5 Å². The summed E-state index contributed by atoms with van der Waals surface area (Å²) in [6.45, 7) is 4.67. The first-order chi connectivity index (χ1) is 12.3. The van der Waals surface area contributed by atoms with Crippen LogP contribution in [0.5, 0.6) is 11.5 Å². The molecule has 0 aliphatic heterocycles. The Balaban J connectivity index is 2.15. The van der Waals surface area contributed by atoms with Gasteiger partial charge in [-0.25, -0.2) is 0 Å². The summed E-state index contributed by atoms with van der Waals surface area (Å²) in [5.74, 6) is 1.18. The summed E-state index contributed by atoms with van der Waals surface area (Å²) in [5.41, 5.74) is 0.0390. The molecule has 4 nitrogen and oxygen atoms in total. The van der Waals surface area contributed by atoms with Gasteiger partial charge in [0.05, 0.1) is 24.5 Å².